The molecule has 0 radical (unpaired) electrons. The highest BCUT2D eigenvalue weighted by Crippen LogP contribution is 2.08. The summed E-state index contributed by atoms with van der Waals surface area (Å²) in [6.45, 7) is 2.07. The van der Waals surface area contributed by atoms with E-state index in [1.807, 2.05) is 0 Å². The van der Waals surface area contributed by atoms with Gasteiger partial charge in [-0.3, -0.25) is 10.6 Å². The van der Waals surface area contributed by atoms with Crippen LogP contribution in [0.1, 0.15) is 11.1 Å². The predicted octanol–water partition coefficient (Wildman–Crippen LogP) is 1.37. The van der Waals surface area contributed by atoms with Crippen LogP contribution in [0.5, 0.6) is 0 Å². The van der Waals surface area contributed by atoms with Crippen molar-refractivity contribution < 1.29 is 48.3 Å². The Morgan fingerprint density at radius 3 is 1.83 bits per heavy atom. The van der Waals surface area contributed by atoms with Crippen molar-refractivity contribution in [3.63, 3.8) is 0 Å². The molecule has 0 aliphatic rings. The van der Waals surface area contributed by atoms with Crippen LogP contribution in [0.15, 0.2) is 78.3 Å². The van der Waals surface area contributed by atoms with Gasteiger partial charge in [-0.05, 0) is 11.1 Å². The van der Waals surface area contributed by atoms with Gasteiger partial charge in [-0.2, -0.15) is 0 Å². The topological polar surface area (TPSA) is 194 Å². The van der Waals surface area contributed by atoms with Crippen LogP contribution >= 0.6 is 0 Å². The number of esters is 1. The Bertz CT molecular complexity index is 1120. The number of aliphatic imine (C=N–C) groups is 1. The summed E-state index contributed by atoms with van der Waals surface area (Å²) in [6, 6.07) is 14.1. The SMILES string of the molecule is C=CCOC(=O)N[C@@H](C(=O)OC)[C@@H](O)[C@H](CO)N=C(NC(=O)OCc1ccccc1)NC(=O)OCc1ccccc1. The first-order chi connectivity index (χ1) is 19.8. The smallest absolute Gasteiger partial charge is 0.414 e. The summed E-state index contributed by atoms with van der Waals surface area (Å²) >= 11 is 0. The average molecular weight is 573 g/mol. The molecule has 0 unspecified atom stereocenters. The van der Waals surface area contributed by atoms with Crippen molar-refractivity contribution in [2.45, 2.75) is 31.4 Å². The van der Waals surface area contributed by atoms with E-state index >= 15 is 0 Å². The van der Waals surface area contributed by atoms with Crippen LogP contribution in [0.2, 0.25) is 0 Å². The van der Waals surface area contributed by atoms with Crippen molar-refractivity contribution >= 4 is 30.2 Å². The molecule has 0 bridgehead atoms. The van der Waals surface area contributed by atoms with Crippen LogP contribution in [0.4, 0.5) is 14.4 Å². The molecule has 220 valence electrons. The zero-order chi connectivity index (χ0) is 30.0. The number of carbonyl (C=O) groups excluding carboxylic acids is 4. The van der Waals surface area contributed by atoms with E-state index < -0.39 is 55.0 Å². The largest absolute Gasteiger partial charge is 0.467 e. The summed E-state index contributed by atoms with van der Waals surface area (Å²) in [5.74, 6) is -1.68. The number of aliphatic hydroxyl groups is 2. The highest BCUT2D eigenvalue weighted by Gasteiger charge is 2.36. The van der Waals surface area contributed by atoms with Crippen molar-refractivity contribution in [2.75, 3.05) is 20.3 Å². The minimum Gasteiger partial charge on any atom is -0.467 e. The van der Waals surface area contributed by atoms with E-state index in [1.54, 1.807) is 60.7 Å². The molecule has 2 aromatic rings. The molecule has 0 aromatic heterocycles. The number of aliphatic hydroxyl groups excluding tert-OH is 2. The quantitative estimate of drug-likeness (QED) is 0.0815. The van der Waals surface area contributed by atoms with E-state index in [-0.39, 0.29) is 19.8 Å². The minimum absolute atomic E-state index is 0.119. The summed E-state index contributed by atoms with van der Waals surface area (Å²) in [4.78, 5) is 53.2. The highest BCUT2D eigenvalue weighted by molar-refractivity contribution is 6.01. The third-order valence-corrected chi connectivity index (χ3v) is 5.14. The number of hydrogen-bond donors (Lipinski definition) is 5. The lowest BCUT2D eigenvalue weighted by atomic mass is 10.0. The molecule has 3 atom stereocenters. The second kappa shape index (κ2) is 17.6. The Morgan fingerprint density at radius 1 is 0.878 bits per heavy atom. The summed E-state index contributed by atoms with van der Waals surface area (Å²) in [6.07, 6.45) is -3.81. The number of alkyl carbamates (subject to hydrolysis) is 3. The van der Waals surface area contributed by atoms with Crippen LogP contribution < -0.4 is 16.0 Å². The molecule has 14 nitrogen and oxygen atoms in total. The first-order valence-electron chi connectivity index (χ1n) is 12.2. The number of guanidine groups is 1. The van der Waals surface area contributed by atoms with E-state index in [1.165, 1.54) is 6.08 Å². The lowest BCUT2D eigenvalue weighted by Gasteiger charge is -2.26. The van der Waals surface area contributed by atoms with E-state index in [4.69, 9.17) is 14.2 Å². The number of amides is 3. The fourth-order valence-corrected chi connectivity index (χ4v) is 3.13. The number of ether oxygens (including phenoxy) is 4. The van der Waals surface area contributed by atoms with Crippen molar-refractivity contribution in [1.82, 2.24) is 16.0 Å². The van der Waals surface area contributed by atoms with Crippen LogP contribution in [-0.4, -0.2) is 78.9 Å². The maximum atomic E-state index is 12.5. The van der Waals surface area contributed by atoms with Gasteiger partial charge in [0.2, 0.25) is 5.96 Å². The average Bonchev–Trinajstić information content (AvgIpc) is 2.99. The van der Waals surface area contributed by atoms with Gasteiger partial charge in [-0.15, -0.1) is 0 Å². The summed E-state index contributed by atoms with van der Waals surface area (Å²) in [5, 5.41) is 27.3. The normalized spacial score (nSPS) is 12.4. The number of hydrogen-bond acceptors (Lipinski definition) is 11. The zero-order valence-electron chi connectivity index (χ0n) is 22.2. The number of methoxy groups -OCH3 is 1. The second-order valence-electron chi connectivity index (χ2n) is 8.12. The van der Waals surface area contributed by atoms with Gasteiger partial charge in [0.25, 0.3) is 0 Å². The van der Waals surface area contributed by atoms with Crippen LogP contribution in [0, 0.1) is 0 Å². The molecule has 0 saturated heterocycles. The van der Waals surface area contributed by atoms with Crippen LogP contribution in [-0.2, 0) is 37.0 Å². The first-order valence-corrected chi connectivity index (χ1v) is 12.2. The monoisotopic (exact) mass is 572 g/mol. The first kappa shape index (κ1) is 32.3. The molecule has 2 aromatic carbocycles. The van der Waals surface area contributed by atoms with Gasteiger partial charge >= 0.3 is 24.2 Å². The van der Waals surface area contributed by atoms with Crippen molar-refractivity contribution in [2.24, 2.45) is 4.99 Å². The Labute approximate surface area is 236 Å². The van der Waals surface area contributed by atoms with Crippen LogP contribution in [0.3, 0.4) is 0 Å². The van der Waals surface area contributed by atoms with Crippen molar-refractivity contribution in [3.8, 4) is 0 Å². The third-order valence-electron chi connectivity index (χ3n) is 5.14. The van der Waals surface area contributed by atoms with Gasteiger partial charge in [0.1, 0.15) is 32.0 Å². The fraction of sp³-hybridized carbons (Fsp3) is 0.296. The van der Waals surface area contributed by atoms with Gasteiger partial charge < -0.3 is 34.5 Å². The molecular formula is C27H32N4O10. The molecule has 41 heavy (non-hydrogen) atoms. The molecule has 0 aliphatic heterocycles. The number of nitrogens with zero attached hydrogens (tertiary/aromatic N) is 1. The van der Waals surface area contributed by atoms with Crippen molar-refractivity contribution in [1.29, 1.82) is 0 Å². The predicted molar refractivity (Wildman–Crippen MR) is 144 cm³/mol. The Hall–Kier alpha value is -4.95. The Balaban J connectivity index is 2.22. The van der Waals surface area contributed by atoms with E-state index in [9.17, 15) is 29.4 Å². The molecule has 0 saturated carbocycles. The Kier molecular flexibility index (Phi) is 13.9. The summed E-state index contributed by atoms with van der Waals surface area (Å²) in [7, 11) is 1.01. The standard InChI is InChI=1S/C27H32N4O10/c1-3-14-39-25(35)29-21(23(34)38-2)22(33)20(15-32)28-24(30-26(36)40-16-18-10-6-4-7-11-18)31-27(37)41-17-19-12-8-5-9-13-19/h3-13,20-22,32-33H,1,14-17H2,2H3,(H,29,35)(H2,28,30,31,36,37)/t20-,21+,22-/m0/s1. The molecule has 0 fully saturated rings. The number of carbonyl (C=O) groups is 4. The van der Waals surface area contributed by atoms with Crippen molar-refractivity contribution in [3.05, 3.63) is 84.4 Å². The number of nitrogens with one attached hydrogen (secondary N) is 3. The summed E-state index contributed by atoms with van der Waals surface area (Å²) in [5.41, 5.74) is 1.35. The van der Waals surface area contributed by atoms with Gasteiger partial charge in [0, 0.05) is 0 Å². The molecular weight excluding hydrogens is 540 g/mol. The molecule has 3 amide bonds. The molecule has 0 spiro atoms. The number of benzene rings is 2. The molecule has 2 rings (SSSR count). The Morgan fingerprint density at radius 2 is 1.39 bits per heavy atom. The van der Waals surface area contributed by atoms with Gasteiger partial charge in [-0.1, -0.05) is 73.3 Å². The van der Waals surface area contributed by atoms with E-state index in [0.717, 1.165) is 7.11 Å². The molecule has 0 aliphatic carbocycles. The van der Waals surface area contributed by atoms with Gasteiger partial charge in [0.05, 0.1) is 13.7 Å². The van der Waals surface area contributed by atoms with Gasteiger partial charge in [-0.25, -0.2) is 24.2 Å². The van der Waals surface area contributed by atoms with E-state index in [0.29, 0.717) is 11.1 Å². The van der Waals surface area contributed by atoms with Crippen LogP contribution in [0.25, 0.3) is 0 Å². The van der Waals surface area contributed by atoms with Gasteiger partial charge in [0.15, 0.2) is 6.04 Å². The molecule has 5 N–H and O–H groups in total. The molecule has 0 heterocycles. The maximum Gasteiger partial charge on any atom is 0.414 e. The highest BCUT2D eigenvalue weighted by atomic mass is 16.6. The van der Waals surface area contributed by atoms with E-state index in [2.05, 4.69) is 32.3 Å². The lowest BCUT2D eigenvalue weighted by Crippen LogP contribution is -2.55. The summed E-state index contributed by atoms with van der Waals surface area (Å²) < 4.78 is 19.6. The zero-order valence-corrected chi connectivity index (χ0v) is 22.2. The fourth-order valence-electron chi connectivity index (χ4n) is 3.13. The lowest BCUT2D eigenvalue weighted by molar-refractivity contribution is -0.146. The minimum atomic E-state index is -1.91. The number of rotatable bonds is 12. The second-order valence-corrected chi connectivity index (χ2v) is 8.12. The molecule has 14 heteroatoms. The maximum absolute atomic E-state index is 12.5. The third kappa shape index (κ3) is 11.8.